The number of carbonyl (C=O) groups is 2. The van der Waals surface area contributed by atoms with Gasteiger partial charge in [-0.1, -0.05) is 78.6 Å². The first-order valence-electron chi connectivity index (χ1n) is 9.12. The predicted molar refractivity (Wildman–Crippen MR) is 92.4 cm³/mol. The molecule has 0 aliphatic rings. The maximum Gasteiger partial charge on any atom is 0.243 e. The van der Waals surface area contributed by atoms with Crippen LogP contribution >= 0.6 is 0 Å². The third kappa shape index (κ3) is 10.8. The molecule has 0 unspecified atom stereocenters. The molecular weight excluding hydrogens is 276 g/mol. The predicted octanol–water partition coefficient (Wildman–Crippen LogP) is 3.92. The molecule has 0 saturated carbocycles. The van der Waals surface area contributed by atoms with E-state index in [0.717, 1.165) is 19.3 Å². The average Bonchev–Trinajstić information content (AvgIpc) is 2.51. The minimum atomic E-state index is -0.586. The highest BCUT2D eigenvalue weighted by atomic mass is 16.2. The summed E-state index contributed by atoms with van der Waals surface area (Å²) in [7, 11) is 0. The second-order valence-electron chi connectivity index (χ2n) is 6.40. The molecular formula is C18H36N2O2. The lowest BCUT2D eigenvalue weighted by Crippen LogP contribution is -2.46. The van der Waals surface area contributed by atoms with Crippen LogP contribution in [0.25, 0.3) is 0 Å². The van der Waals surface area contributed by atoms with Gasteiger partial charge >= 0.3 is 0 Å². The third-order valence-electron chi connectivity index (χ3n) is 4.33. The average molecular weight is 312 g/mol. The van der Waals surface area contributed by atoms with E-state index in [9.17, 15) is 9.59 Å². The SMILES string of the molecule is CCCCCCCCCCCC(=O)NC(=O)[C@@H](N)[C@@H](C)CC. The maximum atomic E-state index is 11.8. The number of imide groups is 1. The number of carbonyl (C=O) groups excluding carboxylic acids is 2. The van der Waals surface area contributed by atoms with E-state index in [0.29, 0.717) is 6.42 Å². The highest BCUT2D eigenvalue weighted by Gasteiger charge is 2.20. The van der Waals surface area contributed by atoms with Crippen molar-refractivity contribution in [3.05, 3.63) is 0 Å². The molecule has 3 N–H and O–H groups in total. The summed E-state index contributed by atoms with van der Waals surface area (Å²) >= 11 is 0. The molecule has 0 aromatic carbocycles. The van der Waals surface area contributed by atoms with Gasteiger partial charge in [-0.25, -0.2) is 0 Å². The fourth-order valence-electron chi connectivity index (χ4n) is 2.39. The first kappa shape index (κ1) is 21.1. The molecule has 4 nitrogen and oxygen atoms in total. The lowest BCUT2D eigenvalue weighted by Gasteiger charge is -2.16. The van der Waals surface area contributed by atoms with Crippen molar-refractivity contribution >= 4 is 11.8 Å². The first-order valence-corrected chi connectivity index (χ1v) is 9.12. The van der Waals surface area contributed by atoms with Crippen molar-refractivity contribution in [1.29, 1.82) is 0 Å². The Morgan fingerprint density at radius 1 is 0.909 bits per heavy atom. The smallest absolute Gasteiger partial charge is 0.243 e. The van der Waals surface area contributed by atoms with Crippen LogP contribution in [-0.2, 0) is 9.59 Å². The Labute approximate surface area is 136 Å². The lowest BCUT2D eigenvalue weighted by molar-refractivity contribution is -0.131. The highest BCUT2D eigenvalue weighted by Crippen LogP contribution is 2.10. The second kappa shape index (κ2) is 13.7. The van der Waals surface area contributed by atoms with Gasteiger partial charge in [-0.15, -0.1) is 0 Å². The summed E-state index contributed by atoms with van der Waals surface area (Å²) in [6.07, 6.45) is 12.2. The number of unbranched alkanes of at least 4 members (excludes halogenated alkanes) is 8. The Kier molecular flexibility index (Phi) is 13.2. The Morgan fingerprint density at radius 3 is 1.91 bits per heavy atom. The summed E-state index contributed by atoms with van der Waals surface area (Å²) in [5.41, 5.74) is 5.80. The summed E-state index contributed by atoms with van der Waals surface area (Å²) in [4.78, 5) is 23.4. The number of rotatable bonds is 13. The van der Waals surface area contributed by atoms with E-state index >= 15 is 0 Å². The molecule has 2 atom stereocenters. The van der Waals surface area contributed by atoms with Crippen LogP contribution in [0.5, 0.6) is 0 Å². The number of nitrogens with one attached hydrogen (secondary N) is 1. The van der Waals surface area contributed by atoms with Crippen LogP contribution in [0, 0.1) is 5.92 Å². The van der Waals surface area contributed by atoms with E-state index in [1.165, 1.54) is 44.9 Å². The second-order valence-corrected chi connectivity index (χ2v) is 6.40. The zero-order chi connectivity index (χ0) is 16.8. The van der Waals surface area contributed by atoms with Crippen LogP contribution in [0.3, 0.4) is 0 Å². The van der Waals surface area contributed by atoms with E-state index in [4.69, 9.17) is 5.73 Å². The van der Waals surface area contributed by atoms with Crippen molar-refractivity contribution in [2.45, 2.75) is 97.4 Å². The van der Waals surface area contributed by atoms with Gasteiger partial charge in [-0.3, -0.25) is 14.9 Å². The maximum absolute atomic E-state index is 11.8. The molecule has 0 bridgehead atoms. The summed E-state index contributed by atoms with van der Waals surface area (Å²) in [5.74, 6) is -0.428. The van der Waals surface area contributed by atoms with Crippen LogP contribution in [0.1, 0.15) is 91.4 Å². The fraction of sp³-hybridized carbons (Fsp3) is 0.889. The normalized spacial score (nSPS) is 13.6. The minimum absolute atomic E-state index is 0.0977. The van der Waals surface area contributed by atoms with Crippen molar-refractivity contribution in [2.75, 3.05) is 0 Å². The summed E-state index contributed by atoms with van der Waals surface area (Å²) in [5, 5.41) is 2.42. The standard InChI is InChI=1S/C18H36N2O2/c1-4-6-7-8-9-10-11-12-13-14-16(21)20-18(22)17(19)15(3)5-2/h15,17H,4-14,19H2,1-3H3,(H,20,21,22)/t15-,17-/m0/s1. The summed E-state index contributed by atoms with van der Waals surface area (Å²) < 4.78 is 0. The first-order chi connectivity index (χ1) is 10.5. The molecule has 130 valence electrons. The Morgan fingerprint density at radius 2 is 1.41 bits per heavy atom. The molecule has 0 aromatic heterocycles. The molecule has 2 amide bonds. The van der Waals surface area contributed by atoms with Crippen LogP contribution < -0.4 is 11.1 Å². The number of nitrogens with two attached hydrogens (primary N) is 1. The van der Waals surface area contributed by atoms with Crippen molar-refractivity contribution in [3.63, 3.8) is 0 Å². The third-order valence-corrected chi connectivity index (χ3v) is 4.33. The van der Waals surface area contributed by atoms with Gasteiger partial charge in [0.25, 0.3) is 0 Å². The molecule has 0 saturated heterocycles. The zero-order valence-electron chi connectivity index (χ0n) is 14.8. The quantitative estimate of drug-likeness (QED) is 0.506. The van der Waals surface area contributed by atoms with E-state index < -0.39 is 6.04 Å². The molecule has 0 aliphatic carbocycles. The van der Waals surface area contributed by atoms with Gasteiger partial charge in [0.05, 0.1) is 6.04 Å². The summed E-state index contributed by atoms with van der Waals surface area (Å²) in [6, 6.07) is -0.586. The van der Waals surface area contributed by atoms with Gasteiger partial charge in [0, 0.05) is 6.42 Å². The lowest BCUT2D eigenvalue weighted by atomic mass is 9.99. The minimum Gasteiger partial charge on any atom is -0.320 e. The van der Waals surface area contributed by atoms with Gasteiger partial charge < -0.3 is 5.73 Å². The van der Waals surface area contributed by atoms with Crippen molar-refractivity contribution in [3.8, 4) is 0 Å². The molecule has 0 aromatic rings. The largest absolute Gasteiger partial charge is 0.320 e. The van der Waals surface area contributed by atoms with Crippen LogP contribution in [-0.4, -0.2) is 17.9 Å². The topological polar surface area (TPSA) is 72.2 Å². The van der Waals surface area contributed by atoms with Crippen LogP contribution in [0.4, 0.5) is 0 Å². The fourth-order valence-corrected chi connectivity index (χ4v) is 2.39. The van der Waals surface area contributed by atoms with Crippen molar-refractivity contribution in [2.24, 2.45) is 11.7 Å². The van der Waals surface area contributed by atoms with Gasteiger partial charge in [0.1, 0.15) is 0 Å². The van der Waals surface area contributed by atoms with Crippen molar-refractivity contribution < 1.29 is 9.59 Å². The molecule has 0 aliphatic heterocycles. The molecule has 22 heavy (non-hydrogen) atoms. The Balaban J connectivity index is 3.56. The molecule has 4 heteroatoms. The van der Waals surface area contributed by atoms with Gasteiger partial charge in [0.2, 0.25) is 11.8 Å². The van der Waals surface area contributed by atoms with Gasteiger partial charge in [0.15, 0.2) is 0 Å². The molecule has 0 rings (SSSR count). The van der Waals surface area contributed by atoms with E-state index in [1.54, 1.807) is 0 Å². The van der Waals surface area contributed by atoms with Crippen molar-refractivity contribution in [1.82, 2.24) is 5.32 Å². The summed E-state index contributed by atoms with van der Waals surface area (Å²) in [6.45, 7) is 6.14. The van der Waals surface area contributed by atoms with Gasteiger partial charge in [-0.2, -0.15) is 0 Å². The molecule has 0 fully saturated rings. The Bertz CT molecular complexity index is 305. The van der Waals surface area contributed by atoms with E-state index in [-0.39, 0.29) is 17.7 Å². The molecule has 0 heterocycles. The number of hydrogen-bond donors (Lipinski definition) is 2. The zero-order valence-corrected chi connectivity index (χ0v) is 14.8. The van der Waals surface area contributed by atoms with E-state index in [1.807, 2.05) is 13.8 Å². The number of amides is 2. The Hall–Kier alpha value is -0.900. The van der Waals surface area contributed by atoms with Gasteiger partial charge in [-0.05, 0) is 12.3 Å². The van der Waals surface area contributed by atoms with Crippen LogP contribution in [0.2, 0.25) is 0 Å². The number of hydrogen-bond acceptors (Lipinski definition) is 3. The van der Waals surface area contributed by atoms with E-state index in [2.05, 4.69) is 12.2 Å². The molecule has 0 radical (unpaired) electrons. The highest BCUT2D eigenvalue weighted by molar-refractivity contribution is 5.97. The monoisotopic (exact) mass is 312 g/mol. The molecule has 0 spiro atoms. The van der Waals surface area contributed by atoms with Crippen LogP contribution in [0.15, 0.2) is 0 Å².